The second-order valence-corrected chi connectivity index (χ2v) is 5.20. The zero-order chi connectivity index (χ0) is 11.3. The molecule has 4 heteroatoms. The summed E-state index contributed by atoms with van der Waals surface area (Å²) in [6, 6.07) is 5.90. The third kappa shape index (κ3) is 4.53. The fourth-order valence-electron chi connectivity index (χ4n) is 1.25. The predicted octanol–water partition coefficient (Wildman–Crippen LogP) is 3.72. The Morgan fingerprint density at radius 1 is 1.40 bits per heavy atom. The third-order valence-corrected chi connectivity index (χ3v) is 3.15. The second-order valence-electron chi connectivity index (χ2n) is 3.43. The molecule has 1 rings (SSSR count). The number of nitrogens with two attached hydrogens (primary N) is 1. The maximum atomic E-state index is 5.78. The molecule has 0 aromatic heterocycles. The molecule has 0 bridgehead atoms. The van der Waals surface area contributed by atoms with Gasteiger partial charge in [0.25, 0.3) is 0 Å². The van der Waals surface area contributed by atoms with Gasteiger partial charge < -0.3 is 10.5 Å². The van der Waals surface area contributed by atoms with Crippen LogP contribution in [0.4, 0.5) is 0 Å². The molecule has 0 spiro atoms. The zero-order valence-corrected chi connectivity index (χ0v) is 11.8. The molecule has 0 aliphatic carbocycles. The van der Waals surface area contributed by atoms with Crippen molar-refractivity contribution in [2.45, 2.75) is 25.9 Å². The van der Waals surface area contributed by atoms with Crippen molar-refractivity contribution in [3.63, 3.8) is 0 Å². The highest BCUT2D eigenvalue weighted by molar-refractivity contribution is 9.11. The Hall–Kier alpha value is -0.0600. The number of halogens is 2. The van der Waals surface area contributed by atoms with E-state index in [9.17, 15) is 0 Å². The summed E-state index contributed by atoms with van der Waals surface area (Å²) in [5.41, 5.74) is 5.45. The van der Waals surface area contributed by atoms with Gasteiger partial charge in [0, 0.05) is 4.47 Å². The third-order valence-electron chi connectivity index (χ3n) is 2.04. The lowest BCUT2D eigenvalue weighted by molar-refractivity contribution is 0.207. The molecule has 1 atom stereocenters. The second kappa shape index (κ2) is 6.51. The Morgan fingerprint density at radius 2 is 2.13 bits per heavy atom. The zero-order valence-electron chi connectivity index (χ0n) is 8.67. The van der Waals surface area contributed by atoms with E-state index in [1.54, 1.807) is 0 Å². The summed E-state index contributed by atoms with van der Waals surface area (Å²) >= 11 is 6.87. The highest BCUT2D eigenvalue weighted by Gasteiger charge is 2.06. The Labute approximate surface area is 107 Å². The first-order chi connectivity index (χ1) is 7.13. The highest BCUT2D eigenvalue weighted by atomic mass is 79.9. The SMILES string of the molecule is CC(CCCN)Oc1ccc(Br)cc1Br. The first-order valence-corrected chi connectivity index (χ1v) is 6.54. The standard InChI is InChI=1S/C11H15Br2NO/c1-8(3-2-6-14)15-11-5-4-9(12)7-10(11)13/h4-5,7-8H,2-3,6,14H2,1H3. The van der Waals surface area contributed by atoms with Crippen molar-refractivity contribution in [3.05, 3.63) is 27.1 Å². The summed E-state index contributed by atoms with van der Waals surface area (Å²) in [6.07, 6.45) is 2.18. The molecule has 0 saturated heterocycles. The van der Waals surface area contributed by atoms with Crippen molar-refractivity contribution in [3.8, 4) is 5.75 Å². The van der Waals surface area contributed by atoms with Crippen LogP contribution in [0.1, 0.15) is 19.8 Å². The number of ether oxygens (including phenoxy) is 1. The number of hydrogen-bond donors (Lipinski definition) is 1. The van der Waals surface area contributed by atoms with Crippen molar-refractivity contribution < 1.29 is 4.74 Å². The van der Waals surface area contributed by atoms with Gasteiger partial charge in [-0.05, 0) is 60.4 Å². The van der Waals surface area contributed by atoms with E-state index in [1.807, 2.05) is 18.2 Å². The van der Waals surface area contributed by atoms with Gasteiger partial charge in [-0.15, -0.1) is 0 Å². The molecule has 15 heavy (non-hydrogen) atoms. The van der Waals surface area contributed by atoms with Crippen LogP contribution in [-0.4, -0.2) is 12.6 Å². The molecule has 1 aromatic rings. The van der Waals surface area contributed by atoms with Crippen LogP contribution < -0.4 is 10.5 Å². The number of hydrogen-bond acceptors (Lipinski definition) is 2. The van der Waals surface area contributed by atoms with Gasteiger partial charge in [-0.2, -0.15) is 0 Å². The van der Waals surface area contributed by atoms with Crippen molar-refractivity contribution in [1.29, 1.82) is 0 Å². The molecule has 2 N–H and O–H groups in total. The average Bonchev–Trinajstić information content (AvgIpc) is 2.19. The van der Waals surface area contributed by atoms with Crippen molar-refractivity contribution in [2.75, 3.05) is 6.54 Å². The van der Waals surface area contributed by atoms with Crippen LogP contribution in [0.2, 0.25) is 0 Å². The van der Waals surface area contributed by atoms with E-state index in [0.29, 0.717) is 0 Å². The van der Waals surface area contributed by atoms with E-state index in [1.165, 1.54) is 0 Å². The summed E-state index contributed by atoms with van der Waals surface area (Å²) in [6.45, 7) is 2.78. The lowest BCUT2D eigenvalue weighted by Crippen LogP contribution is -2.14. The van der Waals surface area contributed by atoms with Crippen molar-refractivity contribution >= 4 is 31.9 Å². The van der Waals surface area contributed by atoms with E-state index in [4.69, 9.17) is 10.5 Å². The molecule has 0 aliphatic heterocycles. The number of rotatable bonds is 5. The van der Waals surface area contributed by atoms with Gasteiger partial charge in [0.05, 0.1) is 10.6 Å². The van der Waals surface area contributed by atoms with Gasteiger partial charge in [0.2, 0.25) is 0 Å². The molecule has 0 heterocycles. The average molecular weight is 337 g/mol. The van der Waals surface area contributed by atoms with Gasteiger partial charge >= 0.3 is 0 Å². The summed E-state index contributed by atoms with van der Waals surface area (Å²) in [5, 5.41) is 0. The molecule has 0 radical (unpaired) electrons. The molecule has 0 saturated carbocycles. The predicted molar refractivity (Wildman–Crippen MR) is 70.2 cm³/mol. The molecular weight excluding hydrogens is 322 g/mol. The van der Waals surface area contributed by atoms with Gasteiger partial charge in [-0.1, -0.05) is 15.9 Å². The van der Waals surface area contributed by atoms with Crippen molar-refractivity contribution in [1.82, 2.24) is 0 Å². The summed E-state index contributed by atoms with van der Waals surface area (Å²) < 4.78 is 7.79. The molecule has 0 aliphatic rings. The highest BCUT2D eigenvalue weighted by Crippen LogP contribution is 2.29. The lowest BCUT2D eigenvalue weighted by atomic mass is 10.2. The normalized spacial score (nSPS) is 12.5. The molecule has 84 valence electrons. The maximum Gasteiger partial charge on any atom is 0.133 e. The van der Waals surface area contributed by atoms with Crippen LogP contribution in [0.3, 0.4) is 0 Å². The Kier molecular flexibility index (Phi) is 5.64. The molecule has 1 unspecified atom stereocenters. The van der Waals surface area contributed by atoms with Crippen LogP contribution in [-0.2, 0) is 0 Å². The maximum absolute atomic E-state index is 5.78. The quantitative estimate of drug-likeness (QED) is 0.889. The Morgan fingerprint density at radius 3 is 2.73 bits per heavy atom. The largest absolute Gasteiger partial charge is 0.490 e. The molecule has 0 amide bonds. The van der Waals surface area contributed by atoms with Crippen LogP contribution in [0, 0.1) is 0 Å². The Bertz CT molecular complexity index is 317. The fraction of sp³-hybridized carbons (Fsp3) is 0.455. The van der Waals surface area contributed by atoms with Gasteiger partial charge in [0.15, 0.2) is 0 Å². The van der Waals surface area contributed by atoms with E-state index in [0.717, 1.165) is 34.1 Å². The van der Waals surface area contributed by atoms with Gasteiger partial charge in [-0.25, -0.2) is 0 Å². The van der Waals surface area contributed by atoms with Gasteiger partial charge in [-0.3, -0.25) is 0 Å². The minimum Gasteiger partial charge on any atom is -0.490 e. The van der Waals surface area contributed by atoms with Crippen LogP contribution >= 0.6 is 31.9 Å². The van der Waals surface area contributed by atoms with E-state index in [-0.39, 0.29) is 6.10 Å². The Balaban J connectivity index is 2.56. The molecule has 0 fully saturated rings. The topological polar surface area (TPSA) is 35.2 Å². The van der Waals surface area contributed by atoms with Gasteiger partial charge in [0.1, 0.15) is 5.75 Å². The lowest BCUT2D eigenvalue weighted by Gasteiger charge is -2.15. The molecule has 2 nitrogen and oxygen atoms in total. The molecule has 1 aromatic carbocycles. The van der Waals surface area contributed by atoms with E-state index >= 15 is 0 Å². The first kappa shape index (κ1) is 13.0. The van der Waals surface area contributed by atoms with E-state index in [2.05, 4.69) is 38.8 Å². The smallest absolute Gasteiger partial charge is 0.133 e. The summed E-state index contributed by atoms with van der Waals surface area (Å²) in [7, 11) is 0. The molecular formula is C11H15Br2NO. The summed E-state index contributed by atoms with van der Waals surface area (Å²) in [4.78, 5) is 0. The van der Waals surface area contributed by atoms with Crippen LogP contribution in [0.25, 0.3) is 0 Å². The van der Waals surface area contributed by atoms with Crippen LogP contribution in [0.15, 0.2) is 27.1 Å². The first-order valence-electron chi connectivity index (χ1n) is 4.95. The van der Waals surface area contributed by atoms with E-state index < -0.39 is 0 Å². The van der Waals surface area contributed by atoms with Crippen LogP contribution in [0.5, 0.6) is 5.75 Å². The minimum atomic E-state index is 0.200. The minimum absolute atomic E-state index is 0.200. The van der Waals surface area contributed by atoms with Crippen molar-refractivity contribution in [2.24, 2.45) is 5.73 Å². The fourth-order valence-corrected chi connectivity index (χ4v) is 2.39. The summed E-state index contributed by atoms with van der Waals surface area (Å²) in [5.74, 6) is 0.878. The monoisotopic (exact) mass is 335 g/mol. The number of benzene rings is 1.